The predicted octanol–water partition coefficient (Wildman–Crippen LogP) is 3.73. The van der Waals surface area contributed by atoms with Crippen molar-refractivity contribution in [3.63, 3.8) is 0 Å². The Bertz CT molecular complexity index is 207. The average Bonchev–Trinajstić information content (AvgIpc) is 2.10. The lowest BCUT2D eigenvalue weighted by molar-refractivity contribution is 1.19. The van der Waals surface area contributed by atoms with Crippen molar-refractivity contribution in [2.24, 2.45) is 0 Å². The van der Waals surface area contributed by atoms with Crippen molar-refractivity contribution in [3.8, 4) is 0 Å². The van der Waals surface area contributed by atoms with E-state index in [1.807, 2.05) is 6.07 Å². The van der Waals surface area contributed by atoms with E-state index in [0.29, 0.717) is 0 Å². The van der Waals surface area contributed by atoms with E-state index in [0.717, 1.165) is 15.2 Å². The van der Waals surface area contributed by atoms with Gasteiger partial charge in [-0.2, -0.15) is 0 Å². The maximum Gasteiger partial charge on any atom is 0.0716 e. The van der Waals surface area contributed by atoms with Crippen LogP contribution in [0.3, 0.4) is 0 Å². The van der Waals surface area contributed by atoms with Crippen LogP contribution in [0.5, 0.6) is 0 Å². The SMILES string of the molecule is CCc1sc(Br)cc1Cl. The van der Waals surface area contributed by atoms with Crippen molar-refractivity contribution in [1.29, 1.82) is 0 Å². The van der Waals surface area contributed by atoms with E-state index in [9.17, 15) is 0 Å². The van der Waals surface area contributed by atoms with E-state index in [2.05, 4.69) is 22.9 Å². The van der Waals surface area contributed by atoms with Gasteiger partial charge in [0.15, 0.2) is 0 Å². The van der Waals surface area contributed by atoms with Gasteiger partial charge >= 0.3 is 0 Å². The summed E-state index contributed by atoms with van der Waals surface area (Å²) in [6.45, 7) is 2.10. The monoisotopic (exact) mass is 224 g/mol. The number of thiophene rings is 1. The standard InChI is InChI=1S/C6H6BrClS/c1-2-5-4(8)3-6(7)9-5/h3H,2H2,1H3. The highest BCUT2D eigenvalue weighted by Crippen LogP contribution is 2.30. The molecular weight excluding hydrogens is 219 g/mol. The van der Waals surface area contributed by atoms with Crippen LogP contribution in [0.1, 0.15) is 11.8 Å². The third-order valence-corrected chi connectivity index (χ3v) is 3.28. The zero-order chi connectivity index (χ0) is 6.85. The first-order valence-electron chi connectivity index (χ1n) is 2.67. The maximum atomic E-state index is 5.83. The van der Waals surface area contributed by atoms with Crippen LogP contribution in [-0.4, -0.2) is 0 Å². The number of aryl methyl sites for hydroxylation is 1. The van der Waals surface area contributed by atoms with E-state index in [4.69, 9.17) is 11.6 Å². The Labute approximate surface area is 72.0 Å². The van der Waals surface area contributed by atoms with Gasteiger partial charge in [-0.05, 0) is 28.4 Å². The summed E-state index contributed by atoms with van der Waals surface area (Å²) < 4.78 is 1.12. The van der Waals surface area contributed by atoms with Crippen molar-refractivity contribution in [1.82, 2.24) is 0 Å². The lowest BCUT2D eigenvalue weighted by Gasteiger charge is -1.85. The minimum absolute atomic E-state index is 0.884. The molecule has 1 rings (SSSR count). The van der Waals surface area contributed by atoms with Crippen LogP contribution in [0.4, 0.5) is 0 Å². The Morgan fingerprint density at radius 2 is 2.44 bits per heavy atom. The summed E-state index contributed by atoms with van der Waals surface area (Å²) in [5, 5.41) is 0.884. The van der Waals surface area contributed by atoms with Crippen molar-refractivity contribution in [2.45, 2.75) is 13.3 Å². The average molecular weight is 226 g/mol. The smallest absolute Gasteiger partial charge is 0.0716 e. The minimum atomic E-state index is 0.884. The third kappa shape index (κ3) is 1.69. The lowest BCUT2D eigenvalue weighted by Crippen LogP contribution is -1.67. The highest BCUT2D eigenvalue weighted by Gasteiger charge is 2.01. The molecular formula is C6H6BrClS. The number of rotatable bonds is 1. The van der Waals surface area contributed by atoms with Crippen molar-refractivity contribution >= 4 is 38.9 Å². The van der Waals surface area contributed by atoms with E-state index >= 15 is 0 Å². The normalized spacial score (nSPS) is 10.1. The zero-order valence-corrected chi connectivity index (χ0v) is 8.11. The summed E-state index contributed by atoms with van der Waals surface area (Å²) >= 11 is 10.9. The van der Waals surface area contributed by atoms with Gasteiger partial charge < -0.3 is 0 Å². The fraction of sp³-hybridized carbons (Fsp3) is 0.333. The number of hydrogen-bond donors (Lipinski definition) is 0. The summed E-state index contributed by atoms with van der Waals surface area (Å²) in [6, 6.07) is 1.94. The van der Waals surface area contributed by atoms with E-state index in [1.54, 1.807) is 11.3 Å². The highest BCUT2D eigenvalue weighted by atomic mass is 79.9. The predicted molar refractivity (Wildman–Crippen MR) is 46.4 cm³/mol. The summed E-state index contributed by atoms with van der Waals surface area (Å²) in [5.41, 5.74) is 0. The molecule has 0 atom stereocenters. The molecule has 1 aromatic rings. The molecule has 3 heteroatoms. The van der Waals surface area contributed by atoms with Crippen LogP contribution in [0.2, 0.25) is 5.02 Å². The topological polar surface area (TPSA) is 0 Å². The van der Waals surface area contributed by atoms with Crippen molar-refractivity contribution in [2.75, 3.05) is 0 Å². The van der Waals surface area contributed by atoms with Crippen LogP contribution < -0.4 is 0 Å². The Morgan fingerprint density at radius 3 is 2.67 bits per heavy atom. The molecule has 0 saturated heterocycles. The summed E-state index contributed by atoms with van der Waals surface area (Å²) in [4.78, 5) is 1.25. The Morgan fingerprint density at radius 1 is 1.78 bits per heavy atom. The second-order valence-corrected chi connectivity index (χ2v) is 4.60. The molecule has 0 unspecified atom stereocenters. The summed E-state index contributed by atoms with van der Waals surface area (Å²) in [6.07, 6.45) is 1.02. The molecule has 1 heterocycles. The highest BCUT2D eigenvalue weighted by molar-refractivity contribution is 9.11. The third-order valence-electron chi connectivity index (χ3n) is 1.05. The van der Waals surface area contributed by atoms with Crippen LogP contribution in [-0.2, 0) is 6.42 Å². The van der Waals surface area contributed by atoms with Crippen molar-refractivity contribution < 1.29 is 0 Å². The van der Waals surface area contributed by atoms with E-state index in [1.165, 1.54) is 4.88 Å². The molecule has 0 aromatic carbocycles. The molecule has 0 nitrogen and oxygen atoms in total. The van der Waals surface area contributed by atoms with Crippen LogP contribution in [0, 0.1) is 0 Å². The second-order valence-electron chi connectivity index (χ2n) is 1.68. The molecule has 0 spiro atoms. The van der Waals surface area contributed by atoms with Gasteiger partial charge in [0.1, 0.15) is 0 Å². The quantitative estimate of drug-likeness (QED) is 0.683. The molecule has 0 aliphatic heterocycles. The van der Waals surface area contributed by atoms with Gasteiger partial charge in [-0.1, -0.05) is 18.5 Å². The van der Waals surface area contributed by atoms with Gasteiger partial charge in [0.25, 0.3) is 0 Å². The molecule has 0 aliphatic rings. The molecule has 1 aromatic heterocycles. The summed E-state index contributed by atoms with van der Waals surface area (Å²) in [7, 11) is 0. The molecule has 0 fully saturated rings. The molecule has 0 amide bonds. The Kier molecular flexibility index (Phi) is 2.56. The molecule has 0 radical (unpaired) electrons. The largest absolute Gasteiger partial charge is 0.132 e. The number of hydrogen-bond acceptors (Lipinski definition) is 1. The molecule has 0 saturated carbocycles. The van der Waals surface area contributed by atoms with Gasteiger partial charge in [0, 0.05) is 4.88 Å². The molecule has 50 valence electrons. The van der Waals surface area contributed by atoms with Crippen LogP contribution in [0.25, 0.3) is 0 Å². The van der Waals surface area contributed by atoms with Gasteiger partial charge in [-0.25, -0.2) is 0 Å². The van der Waals surface area contributed by atoms with Gasteiger partial charge in [-0.3, -0.25) is 0 Å². The summed E-state index contributed by atoms with van der Waals surface area (Å²) in [5.74, 6) is 0. The van der Waals surface area contributed by atoms with Crippen molar-refractivity contribution in [3.05, 3.63) is 19.8 Å². The molecule has 0 N–H and O–H groups in total. The second kappa shape index (κ2) is 3.04. The first-order chi connectivity index (χ1) is 4.24. The van der Waals surface area contributed by atoms with Gasteiger partial charge in [0.05, 0.1) is 8.81 Å². The zero-order valence-electron chi connectivity index (χ0n) is 4.95. The van der Waals surface area contributed by atoms with Gasteiger partial charge in [0.2, 0.25) is 0 Å². The fourth-order valence-electron chi connectivity index (χ4n) is 0.617. The minimum Gasteiger partial charge on any atom is -0.132 e. The van der Waals surface area contributed by atoms with Crippen LogP contribution >= 0.6 is 38.9 Å². The van der Waals surface area contributed by atoms with E-state index in [-0.39, 0.29) is 0 Å². The van der Waals surface area contributed by atoms with E-state index < -0.39 is 0 Å². The molecule has 0 bridgehead atoms. The lowest BCUT2D eigenvalue weighted by atomic mass is 10.4. The fourth-order valence-corrected chi connectivity index (χ4v) is 2.70. The molecule has 0 aliphatic carbocycles. The maximum absolute atomic E-state index is 5.83. The molecule has 9 heavy (non-hydrogen) atoms. The Hall–Kier alpha value is 0.470. The first kappa shape index (κ1) is 7.58. The van der Waals surface area contributed by atoms with Gasteiger partial charge in [-0.15, -0.1) is 11.3 Å². The number of halogens is 2. The first-order valence-corrected chi connectivity index (χ1v) is 4.66. The Balaban J connectivity index is 3.01. The van der Waals surface area contributed by atoms with Crippen LogP contribution in [0.15, 0.2) is 9.85 Å².